The van der Waals surface area contributed by atoms with Crippen LogP contribution in [0.15, 0.2) is 9.59 Å². The zero-order valence-corrected chi connectivity index (χ0v) is 23.1. The zero-order chi connectivity index (χ0) is 20.6. The van der Waals surface area contributed by atoms with E-state index in [0.717, 1.165) is 12.8 Å². The third-order valence-electron chi connectivity index (χ3n) is 4.39. The molecule has 27 heavy (non-hydrogen) atoms. The first kappa shape index (κ1) is 24.7. The molecule has 1 heterocycles. The van der Waals surface area contributed by atoms with Crippen LogP contribution in [0.4, 0.5) is 0 Å². The maximum atomic E-state index is 12.1. The van der Waals surface area contributed by atoms with Crippen LogP contribution in [-0.2, 0) is 24.9 Å². The molecule has 0 spiro atoms. The van der Waals surface area contributed by atoms with E-state index in [1.54, 1.807) is 11.5 Å². The van der Waals surface area contributed by atoms with Crippen LogP contribution in [0.1, 0.15) is 45.6 Å². The van der Waals surface area contributed by atoms with Gasteiger partial charge in [0.15, 0.2) is 6.29 Å². The van der Waals surface area contributed by atoms with Gasteiger partial charge in [0.25, 0.3) is 5.56 Å². The quantitative estimate of drug-likeness (QED) is 0.176. The van der Waals surface area contributed by atoms with Crippen LogP contribution in [-0.4, -0.2) is 49.4 Å². The molecule has 1 aromatic heterocycles. The van der Waals surface area contributed by atoms with E-state index < -0.39 is 12.0 Å². The van der Waals surface area contributed by atoms with Crippen molar-refractivity contribution in [3.8, 4) is 0 Å². The molecule has 1 N–H and O–H groups in total. The predicted molar refractivity (Wildman–Crippen MR) is 119 cm³/mol. The molecule has 3 atom stereocenters. The van der Waals surface area contributed by atoms with Crippen molar-refractivity contribution in [2.75, 3.05) is 0 Å². The van der Waals surface area contributed by atoms with E-state index in [1.165, 1.54) is 0 Å². The Balaban J connectivity index is 2.92. The van der Waals surface area contributed by atoms with Gasteiger partial charge >= 0.3 is 5.69 Å². The second kappa shape index (κ2) is 12.3. The number of H-pyrrole nitrogens is 1. The molecular weight excluding hydrogens is 499 g/mol. The second-order valence-corrected chi connectivity index (χ2v) is 8.34. The average Bonchev–Trinajstić information content (AvgIpc) is 2.66. The lowest BCUT2D eigenvalue weighted by Gasteiger charge is -2.31. The smallest absolute Gasteiger partial charge is 0.329 e. The van der Waals surface area contributed by atoms with Gasteiger partial charge in [-0.1, -0.05) is 20.8 Å². The Bertz CT molecular complexity index is 676. The van der Waals surface area contributed by atoms with Gasteiger partial charge in [-0.15, -0.1) is 0 Å². The standard InChI is InChI=1S/C16H31IN2O6Si2/c1-5-11(24-26)22-15(23-12(6-2)25-27)9(3)7-8-19-13(17)10(4)14(20)18-16(19)21/h9,11-12,15H,5-8H2,1-4,26-27H3,(H,18,20,21). The Kier molecular flexibility index (Phi) is 11.3. The van der Waals surface area contributed by atoms with Crippen molar-refractivity contribution in [2.24, 2.45) is 5.92 Å². The summed E-state index contributed by atoms with van der Waals surface area (Å²) in [4.78, 5) is 26.2. The van der Waals surface area contributed by atoms with E-state index in [-0.39, 0.29) is 24.1 Å². The molecular formula is C16H31IN2O6Si2. The van der Waals surface area contributed by atoms with Crippen LogP contribution < -0.4 is 11.2 Å². The molecule has 1 rings (SSSR count). The molecule has 156 valence electrons. The second-order valence-electron chi connectivity index (χ2n) is 6.38. The fourth-order valence-electron chi connectivity index (χ4n) is 2.55. The third-order valence-corrected chi connectivity index (χ3v) is 6.83. The van der Waals surface area contributed by atoms with Crippen molar-refractivity contribution in [1.82, 2.24) is 9.55 Å². The van der Waals surface area contributed by atoms with Crippen molar-refractivity contribution >= 4 is 43.6 Å². The van der Waals surface area contributed by atoms with Gasteiger partial charge in [-0.3, -0.25) is 14.3 Å². The summed E-state index contributed by atoms with van der Waals surface area (Å²) in [5.41, 5.74) is -0.203. The Morgan fingerprint density at radius 1 is 1.11 bits per heavy atom. The van der Waals surface area contributed by atoms with E-state index in [4.69, 9.17) is 18.3 Å². The van der Waals surface area contributed by atoms with E-state index in [0.29, 0.717) is 43.2 Å². The number of rotatable bonds is 12. The predicted octanol–water partition coefficient (Wildman–Crippen LogP) is -0.0987. The lowest BCUT2D eigenvalue weighted by molar-refractivity contribution is -0.281. The minimum atomic E-state index is -0.500. The third kappa shape index (κ3) is 7.22. The van der Waals surface area contributed by atoms with Crippen LogP contribution in [0, 0.1) is 16.5 Å². The Morgan fingerprint density at radius 2 is 1.63 bits per heavy atom. The monoisotopic (exact) mass is 530 g/mol. The summed E-state index contributed by atoms with van der Waals surface area (Å²) in [5, 5.41) is 0. The van der Waals surface area contributed by atoms with Crippen molar-refractivity contribution < 1.29 is 18.3 Å². The van der Waals surface area contributed by atoms with Crippen LogP contribution in [0.3, 0.4) is 0 Å². The van der Waals surface area contributed by atoms with Gasteiger partial charge in [-0.25, -0.2) is 4.79 Å². The minimum Gasteiger partial charge on any atom is -0.404 e. The molecule has 0 radical (unpaired) electrons. The number of aromatic amines is 1. The van der Waals surface area contributed by atoms with Gasteiger partial charge in [0.2, 0.25) is 0 Å². The highest BCUT2D eigenvalue weighted by Crippen LogP contribution is 2.20. The largest absolute Gasteiger partial charge is 0.404 e. The molecule has 0 aliphatic carbocycles. The number of aromatic nitrogens is 2. The van der Waals surface area contributed by atoms with E-state index in [2.05, 4.69) is 4.98 Å². The molecule has 0 aromatic carbocycles. The first-order valence-electron chi connectivity index (χ1n) is 9.14. The van der Waals surface area contributed by atoms with Crippen molar-refractivity contribution in [2.45, 2.75) is 72.4 Å². The summed E-state index contributed by atoms with van der Waals surface area (Å²) < 4.78 is 25.2. The number of nitrogens with zero attached hydrogens (tertiary/aromatic N) is 1. The summed E-state index contributed by atoms with van der Waals surface area (Å²) in [6.07, 6.45) is 0.972. The van der Waals surface area contributed by atoms with Crippen molar-refractivity contribution in [3.05, 3.63) is 30.1 Å². The molecule has 3 unspecified atom stereocenters. The fraction of sp³-hybridized carbons (Fsp3) is 0.750. The molecule has 0 bridgehead atoms. The number of hydrogen-bond donors (Lipinski definition) is 1. The molecule has 1 aromatic rings. The van der Waals surface area contributed by atoms with Gasteiger partial charge in [-0.2, -0.15) is 0 Å². The van der Waals surface area contributed by atoms with Crippen molar-refractivity contribution in [3.63, 3.8) is 0 Å². The molecule has 0 amide bonds. The van der Waals surface area contributed by atoms with Crippen LogP contribution >= 0.6 is 22.6 Å². The summed E-state index contributed by atoms with van der Waals surface area (Å²) in [6, 6.07) is 0. The molecule has 0 fully saturated rings. The first-order chi connectivity index (χ1) is 12.8. The number of halogens is 1. The van der Waals surface area contributed by atoms with E-state index in [9.17, 15) is 9.59 Å². The number of ether oxygens (including phenoxy) is 2. The normalized spacial score (nSPS) is 16.3. The Labute approximate surface area is 179 Å². The van der Waals surface area contributed by atoms with Crippen molar-refractivity contribution in [1.29, 1.82) is 0 Å². The SMILES string of the molecule is CCC(O[SiH3])OC(OC(CC)O[SiH3])C(C)CCn1c(I)c(C)c(=O)[nH]c1=O. The molecule has 11 heteroatoms. The molecule has 8 nitrogen and oxygen atoms in total. The van der Waals surface area contributed by atoms with Gasteiger partial charge in [0.1, 0.15) is 33.6 Å². The van der Waals surface area contributed by atoms with Crippen LogP contribution in [0.2, 0.25) is 0 Å². The fourth-order valence-corrected chi connectivity index (χ4v) is 4.14. The topological polar surface area (TPSA) is 91.8 Å². The number of nitrogens with one attached hydrogen (secondary N) is 1. The highest BCUT2D eigenvalue weighted by atomic mass is 127. The molecule has 0 aliphatic heterocycles. The molecule has 0 saturated carbocycles. The Hall–Kier alpha value is -0.316. The van der Waals surface area contributed by atoms with E-state index in [1.807, 2.05) is 43.4 Å². The summed E-state index contributed by atoms with van der Waals surface area (Å²) >= 11 is 2.03. The average molecular weight is 531 g/mol. The zero-order valence-electron chi connectivity index (χ0n) is 16.9. The van der Waals surface area contributed by atoms with Gasteiger partial charge in [0.05, 0.1) is 3.70 Å². The maximum Gasteiger partial charge on any atom is 0.329 e. The maximum absolute atomic E-state index is 12.1. The Morgan fingerprint density at radius 3 is 2.07 bits per heavy atom. The van der Waals surface area contributed by atoms with Gasteiger partial charge in [0, 0.05) is 18.0 Å². The minimum absolute atomic E-state index is 0.00309. The summed E-state index contributed by atoms with van der Waals surface area (Å²) in [6.45, 7) is 8.17. The molecule has 0 aliphatic rings. The first-order valence-corrected chi connectivity index (χ1v) is 11.9. The lowest BCUT2D eigenvalue weighted by Crippen LogP contribution is -2.37. The molecule has 0 saturated heterocycles. The lowest BCUT2D eigenvalue weighted by atomic mass is 10.1. The summed E-state index contributed by atoms with van der Waals surface area (Å²) in [5.74, 6) is -0.00309. The highest BCUT2D eigenvalue weighted by Gasteiger charge is 2.25. The van der Waals surface area contributed by atoms with Crippen LogP contribution in [0.25, 0.3) is 0 Å². The van der Waals surface area contributed by atoms with Crippen LogP contribution in [0.5, 0.6) is 0 Å². The van der Waals surface area contributed by atoms with Gasteiger partial charge < -0.3 is 18.3 Å². The van der Waals surface area contributed by atoms with E-state index >= 15 is 0 Å². The highest BCUT2D eigenvalue weighted by molar-refractivity contribution is 14.1. The summed E-state index contributed by atoms with van der Waals surface area (Å²) in [7, 11) is 1.15. The van der Waals surface area contributed by atoms with Gasteiger partial charge in [-0.05, 0) is 48.8 Å². The number of hydrogen-bond acceptors (Lipinski definition) is 6.